The minimum absolute atomic E-state index is 0.0818. The van der Waals surface area contributed by atoms with E-state index in [0.717, 1.165) is 71.4 Å². The van der Waals surface area contributed by atoms with Crippen LogP contribution in [0.3, 0.4) is 0 Å². The van der Waals surface area contributed by atoms with Crippen molar-refractivity contribution in [2.75, 3.05) is 7.11 Å². The van der Waals surface area contributed by atoms with Gasteiger partial charge in [0.25, 0.3) is 0 Å². The van der Waals surface area contributed by atoms with Crippen molar-refractivity contribution in [2.45, 2.75) is 39.2 Å². The van der Waals surface area contributed by atoms with Crippen LogP contribution in [0.2, 0.25) is 0 Å². The van der Waals surface area contributed by atoms with Gasteiger partial charge in [0.15, 0.2) is 5.78 Å². The van der Waals surface area contributed by atoms with Gasteiger partial charge in [-0.25, -0.2) is 0 Å². The fourth-order valence-corrected chi connectivity index (χ4v) is 4.97. The molecule has 5 aromatic rings. The number of aromatic nitrogens is 2. The lowest BCUT2D eigenvalue weighted by molar-refractivity contribution is 0.103. The van der Waals surface area contributed by atoms with E-state index in [1.54, 1.807) is 7.11 Å². The minimum Gasteiger partial charge on any atom is -0.497 e. The number of nitrogens with one attached hydrogen (secondary N) is 1. The summed E-state index contributed by atoms with van der Waals surface area (Å²) < 4.78 is 7.69. The molecule has 2 aromatic heterocycles. The van der Waals surface area contributed by atoms with Gasteiger partial charge in [0.2, 0.25) is 0 Å². The first-order valence-electron chi connectivity index (χ1n) is 12.7. The molecule has 0 aliphatic rings. The summed E-state index contributed by atoms with van der Waals surface area (Å²) in [6, 6.07) is 26.1. The van der Waals surface area contributed by atoms with E-state index in [1.807, 2.05) is 54.6 Å². The van der Waals surface area contributed by atoms with Crippen molar-refractivity contribution in [1.29, 1.82) is 0 Å². The van der Waals surface area contributed by atoms with Crippen LogP contribution in [-0.4, -0.2) is 22.4 Å². The quantitative estimate of drug-likeness (QED) is 0.213. The summed E-state index contributed by atoms with van der Waals surface area (Å²) in [7, 11) is 1.67. The maximum Gasteiger partial charge on any atom is 0.195 e. The fourth-order valence-electron chi connectivity index (χ4n) is 4.97. The highest BCUT2D eigenvalue weighted by atomic mass is 16.5. The molecule has 0 saturated carbocycles. The number of rotatable bonds is 10. The van der Waals surface area contributed by atoms with E-state index in [-0.39, 0.29) is 5.78 Å². The second-order valence-corrected chi connectivity index (χ2v) is 9.19. The van der Waals surface area contributed by atoms with Crippen LogP contribution >= 0.6 is 0 Å². The van der Waals surface area contributed by atoms with E-state index < -0.39 is 0 Å². The number of H-pyrrole nitrogens is 1. The molecule has 1 N–H and O–H groups in total. The number of hydrogen-bond donors (Lipinski definition) is 1. The molecule has 0 unspecified atom stereocenters. The van der Waals surface area contributed by atoms with Crippen molar-refractivity contribution >= 4 is 16.7 Å². The highest BCUT2D eigenvalue weighted by Crippen LogP contribution is 2.33. The lowest BCUT2D eigenvalue weighted by Gasteiger charge is -2.12. The van der Waals surface area contributed by atoms with Crippen LogP contribution in [0.15, 0.2) is 91.3 Å². The summed E-state index contributed by atoms with van der Waals surface area (Å²) in [6.07, 6.45) is 8.16. The third-order valence-corrected chi connectivity index (χ3v) is 6.92. The Morgan fingerprint density at radius 2 is 1.67 bits per heavy atom. The average molecular weight is 477 g/mol. The molecule has 5 rings (SSSR count). The number of methoxy groups -OCH3 is 1. The number of para-hydroxylation sites is 1. The third-order valence-electron chi connectivity index (χ3n) is 6.92. The Hall–Kier alpha value is -4.05. The third kappa shape index (κ3) is 4.72. The predicted molar refractivity (Wildman–Crippen MR) is 147 cm³/mol. The topological polar surface area (TPSA) is 47.0 Å². The first-order valence-corrected chi connectivity index (χ1v) is 12.7. The van der Waals surface area contributed by atoms with E-state index >= 15 is 0 Å². The van der Waals surface area contributed by atoms with E-state index in [2.05, 4.69) is 53.1 Å². The van der Waals surface area contributed by atoms with Gasteiger partial charge in [0, 0.05) is 46.7 Å². The number of aryl methyl sites for hydroxylation is 2. The van der Waals surface area contributed by atoms with Gasteiger partial charge >= 0.3 is 0 Å². The molecule has 3 aromatic carbocycles. The Morgan fingerprint density at radius 1 is 0.917 bits per heavy atom. The lowest BCUT2D eigenvalue weighted by atomic mass is 9.94. The second-order valence-electron chi connectivity index (χ2n) is 9.19. The first kappa shape index (κ1) is 23.7. The number of fused-ring (bicyclic) bond motifs is 1. The summed E-state index contributed by atoms with van der Waals surface area (Å²) in [5, 5.41) is 1.26. The molecule has 0 amide bonds. The molecule has 0 fully saturated rings. The highest BCUT2D eigenvalue weighted by Gasteiger charge is 2.24. The number of aromatic amines is 1. The molecule has 0 spiro atoms. The predicted octanol–water partition coefficient (Wildman–Crippen LogP) is 7.46. The van der Waals surface area contributed by atoms with Gasteiger partial charge in [-0.3, -0.25) is 4.79 Å². The smallest absolute Gasteiger partial charge is 0.195 e. The minimum atomic E-state index is 0.0818. The Morgan fingerprint density at radius 3 is 2.42 bits per heavy atom. The molecule has 2 heterocycles. The maximum atomic E-state index is 13.9. The van der Waals surface area contributed by atoms with Crippen LogP contribution in [0.25, 0.3) is 22.0 Å². The number of ether oxygens (including phenoxy) is 1. The summed E-state index contributed by atoms with van der Waals surface area (Å²) in [5.74, 6) is 0.887. The molecular weight excluding hydrogens is 444 g/mol. The van der Waals surface area contributed by atoms with Gasteiger partial charge in [0.1, 0.15) is 5.75 Å². The largest absolute Gasteiger partial charge is 0.497 e. The van der Waals surface area contributed by atoms with Crippen LogP contribution in [0.1, 0.15) is 46.9 Å². The molecule has 182 valence electrons. The molecule has 0 aliphatic carbocycles. The van der Waals surface area contributed by atoms with Crippen molar-refractivity contribution in [1.82, 2.24) is 9.55 Å². The molecule has 36 heavy (non-hydrogen) atoms. The van der Waals surface area contributed by atoms with Crippen molar-refractivity contribution in [3.05, 3.63) is 114 Å². The average Bonchev–Trinajstić information content (AvgIpc) is 3.52. The number of benzene rings is 3. The molecule has 0 saturated heterocycles. The summed E-state index contributed by atoms with van der Waals surface area (Å²) in [4.78, 5) is 17.3. The first-order chi connectivity index (χ1) is 17.7. The standard InChI is InChI=1S/C32H32N2O2/c1-3-4-14-30-31(32(35)24-10-6-5-7-11-24)28(23-15-17-26(36-2)18-16-23)22-34(30)20-19-25-21-33-29-13-9-8-12-27(25)29/h5-13,15-18,21-22,33H,3-4,14,19-20H2,1-2H3. The van der Waals surface area contributed by atoms with Crippen molar-refractivity contribution < 1.29 is 9.53 Å². The van der Waals surface area contributed by atoms with Crippen LogP contribution in [0, 0.1) is 0 Å². The Labute approximate surface area is 212 Å². The molecule has 0 atom stereocenters. The zero-order valence-electron chi connectivity index (χ0n) is 21.0. The molecule has 4 heteroatoms. The van der Waals surface area contributed by atoms with Gasteiger partial charge in [-0.15, -0.1) is 0 Å². The van der Waals surface area contributed by atoms with Crippen molar-refractivity contribution in [2.24, 2.45) is 0 Å². The molecular formula is C32H32N2O2. The summed E-state index contributed by atoms with van der Waals surface area (Å²) >= 11 is 0. The maximum absolute atomic E-state index is 13.9. The number of carbonyl (C=O) groups excluding carboxylic acids is 1. The zero-order valence-corrected chi connectivity index (χ0v) is 21.0. The van der Waals surface area contributed by atoms with E-state index in [4.69, 9.17) is 4.74 Å². The summed E-state index contributed by atoms with van der Waals surface area (Å²) in [6.45, 7) is 3.01. The van der Waals surface area contributed by atoms with Gasteiger partial charge in [0.05, 0.1) is 12.7 Å². The van der Waals surface area contributed by atoms with Crippen LogP contribution < -0.4 is 4.74 Å². The summed E-state index contributed by atoms with van der Waals surface area (Å²) in [5.41, 5.74) is 7.12. The van der Waals surface area contributed by atoms with Crippen molar-refractivity contribution in [3.8, 4) is 16.9 Å². The van der Waals surface area contributed by atoms with Crippen LogP contribution in [0.4, 0.5) is 0 Å². The monoisotopic (exact) mass is 476 g/mol. The molecule has 0 radical (unpaired) electrons. The fraction of sp³-hybridized carbons (Fsp3) is 0.219. The second kappa shape index (κ2) is 10.7. The van der Waals surface area contributed by atoms with Gasteiger partial charge in [-0.2, -0.15) is 0 Å². The highest BCUT2D eigenvalue weighted by molar-refractivity contribution is 6.13. The zero-order chi connectivity index (χ0) is 24.9. The van der Waals surface area contributed by atoms with Gasteiger partial charge < -0.3 is 14.3 Å². The molecule has 0 bridgehead atoms. The number of ketones is 1. The van der Waals surface area contributed by atoms with Crippen molar-refractivity contribution in [3.63, 3.8) is 0 Å². The number of unbranched alkanes of at least 4 members (excludes halogenated alkanes) is 1. The number of hydrogen-bond acceptors (Lipinski definition) is 2. The normalized spacial score (nSPS) is 11.2. The molecule has 4 nitrogen and oxygen atoms in total. The van der Waals surface area contributed by atoms with E-state index in [1.165, 1.54) is 10.9 Å². The number of nitrogens with zero attached hydrogens (tertiary/aromatic N) is 1. The number of carbonyl (C=O) groups is 1. The lowest BCUT2D eigenvalue weighted by Crippen LogP contribution is -2.10. The van der Waals surface area contributed by atoms with Crippen LogP contribution in [-0.2, 0) is 19.4 Å². The van der Waals surface area contributed by atoms with E-state index in [9.17, 15) is 4.79 Å². The van der Waals surface area contributed by atoms with Gasteiger partial charge in [-0.05, 0) is 48.6 Å². The molecule has 0 aliphatic heterocycles. The van der Waals surface area contributed by atoms with Gasteiger partial charge in [-0.1, -0.05) is 74.0 Å². The Bertz CT molecular complexity index is 1460. The Balaban J connectivity index is 1.59. The Kier molecular flexibility index (Phi) is 7.03. The van der Waals surface area contributed by atoms with Crippen LogP contribution in [0.5, 0.6) is 5.75 Å². The SMILES string of the molecule is CCCCc1c(C(=O)c2ccccc2)c(-c2ccc(OC)cc2)cn1CCc1c[nH]c2ccccc12. The van der Waals surface area contributed by atoms with E-state index in [0.29, 0.717) is 0 Å².